The van der Waals surface area contributed by atoms with Crippen LogP contribution in [0, 0.1) is 13.8 Å². The van der Waals surface area contributed by atoms with Crippen molar-refractivity contribution in [1.29, 1.82) is 0 Å². The molecule has 4 nitrogen and oxygen atoms in total. The van der Waals surface area contributed by atoms with E-state index in [0.717, 1.165) is 11.3 Å². The second kappa shape index (κ2) is 6.06. The van der Waals surface area contributed by atoms with Gasteiger partial charge in [-0.3, -0.25) is 0 Å². The van der Waals surface area contributed by atoms with Crippen molar-refractivity contribution < 1.29 is 8.42 Å². The number of rotatable bonds is 3. The van der Waals surface area contributed by atoms with E-state index in [1.807, 2.05) is 24.6 Å². The van der Waals surface area contributed by atoms with Gasteiger partial charge in [0.15, 0.2) is 9.84 Å². The van der Waals surface area contributed by atoms with Crippen molar-refractivity contribution in [3.63, 3.8) is 0 Å². The molecule has 2 aromatic carbocycles. The summed E-state index contributed by atoms with van der Waals surface area (Å²) in [6.45, 7) is 3.57. The van der Waals surface area contributed by atoms with Crippen LogP contribution in [0.5, 0.6) is 0 Å². The third-order valence-corrected chi connectivity index (χ3v) is 6.83. The van der Waals surface area contributed by atoms with Crippen molar-refractivity contribution in [3.8, 4) is 0 Å². The second-order valence-electron chi connectivity index (χ2n) is 5.75. The fraction of sp³-hybridized carbons (Fsp3) is 0.235. The molecule has 0 aliphatic carbocycles. The highest BCUT2D eigenvalue weighted by Gasteiger charge is 2.22. The number of fused-ring (bicyclic) bond motifs is 1. The van der Waals surface area contributed by atoms with E-state index in [2.05, 4.69) is 4.98 Å². The quantitative estimate of drug-likeness (QED) is 0.671. The summed E-state index contributed by atoms with van der Waals surface area (Å²) < 4.78 is 27.5. The average Bonchev–Trinajstić information content (AvgIpc) is 2.81. The SMILES string of the molecule is Cc1c(Cl)cccc1S(=O)(=O)Cc1ccc2c(nc(C)n2C)c1Cl. The number of aryl methyl sites for hydroxylation is 2. The number of nitrogens with zero attached hydrogens (tertiary/aromatic N) is 2. The van der Waals surface area contributed by atoms with Crippen molar-refractivity contribution in [3.05, 3.63) is 57.3 Å². The van der Waals surface area contributed by atoms with Crippen molar-refractivity contribution in [2.24, 2.45) is 7.05 Å². The molecule has 0 saturated carbocycles. The van der Waals surface area contributed by atoms with Gasteiger partial charge in [-0.15, -0.1) is 0 Å². The first kappa shape index (κ1) is 17.3. The summed E-state index contributed by atoms with van der Waals surface area (Å²) in [6.07, 6.45) is 0. The van der Waals surface area contributed by atoms with E-state index < -0.39 is 9.84 Å². The van der Waals surface area contributed by atoms with Gasteiger partial charge in [0.25, 0.3) is 0 Å². The Morgan fingerprint density at radius 2 is 1.83 bits per heavy atom. The largest absolute Gasteiger partial charge is 0.331 e. The number of halogens is 2. The first-order valence-electron chi connectivity index (χ1n) is 7.30. The molecular weight excluding hydrogens is 367 g/mol. The van der Waals surface area contributed by atoms with E-state index in [4.69, 9.17) is 23.2 Å². The zero-order valence-electron chi connectivity index (χ0n) is 13.5. The maximum absolute atomic E-state index is 12.8. The molecule has 0 amide bonds. The smallest absolute Gasteiger partial charge is 0.182 e. The molecule has 0 fully saturated rings. The normalized spacial score (nSPS) is 12.0. The highest BCUT2D eigenvalue weighted by atomic mass is 35.5. The maximum atomic E-state index is 12.8. The highest BCUT2D eigenvalue weighted by molar-refractivity contribution is 7.90. The van der Waals surface area contributed by atoms with Crippen LogP contribution in [0.2, 0.25) is 10.0 Å². The molecule has 0 aliphatic rings. The van der Waals surface area contributed by atoms with Crippen LogP contribution >= 0.6 is 23.2 Å². The zero-order valence-corrected chi connectivity index (χ0v) is 15.8. The van der Waals surface area contributed by atoms with E-state index in [0.29, 0.717) is 26.7 Å². The summed E-state index contributed by atoms with van der Waals surface area (Å²) in [5, 5.41) is 0.803. The van der Waals surface area contributed by atoms with Crippen molar-refractivity contribution >= 4 is 44.1 Å². The molecule has 0 saturated heterocycles. The van der Waals surface area contributed by atoms with Crippen LogP contribution < -0.4 is 0 Å². The van der Waals surface area contributed by atoms with Gasteiger partial charge in [-0.1, -0.05) is 35.3 Å². The van der Waals surface area contributed by atoms with Crippen molar-refractivity contribution in [2.75, 3.05) is 0 Å². The van der Waals surface area contributed by atoms with Crippen LogP contribution in [0.1, 0.15) is 17.0 Å². The lowest BCUT2D eigenvalue weighted by Crippen LogP contribution is -2.07. The molecule has 1 aromatic heterocycles. The Kier molecular flexibility index (Phi) is 4.36. The minimum atomic E-state index is -3.56. The van der Waals surface area contributed by atoms with E-state index in [-0.39, 0.29) is 10.6 Å². The summed E-state index contributed by atoms with van der Waals surface area (Å²) in [4.78, 5) is 4.65. The topological polar surface area (TPSA) is 52.0 Å². The molecule has 24 heavy (non-hydrogen) atoms. The van der Waals surface area contributed by atoms with E-state index in [1.165, 1.54) is 0 Å². The molecule has 7 heteroatoms. The first-order chi connectivity index (χ1) is 11.2. The number of hydrogen-bond donors (Lipinski definition) is 0. The summed E-state index contributed by atoms with van der Waals surface area (Å²) >= 11 is 12.5. The lowest BCUT2D eigenvalue weighted by atomic mass is 10.2. The Labute approximate surface area is 151 Å². The summed E-state index contributed by atoms with van der Waals surface area (Å²) in [5.74, 6) is 0.621. The van der Waals surface area contributed by atoms with Crippen molar-refractivity contribution in [2.45, 2.75) is 24.5 Å². The van der Waals surface area contributed by atoms with Crippen LogP contribution in [0.15, 0.2) is 35.2 Å². The van der Waals surface area contributed by atoms with Crippen molar-refractivity contribution in [1.82, 2.24) is 9.55 Å². The average molecular weight is 383 g/mol. The summed E-state index contributed by atoms with van der Waals surface area (Å²) in [5.41, 5.74) is 2.57. The molecule has 3 aromatic rings. The monoisotopic (exact) mass is 382 g/mol. The number of aromatic nitrogens is 2. The third-order valence-electron chi connectivity index (χ3n) is 4.19. The molecule has 0 unspecified atom stereocenters. The minimum absolute atomic E-state index is 0.196. The number of benzene rings is 2. The molecular formula is C17H16Cl2N2O2S. The van der Waals surface area contributed by atoms with Crippen LogP contribution in [-0.2, 0) is 22.6 Å². The maximum Gasteiger partial charge on any atom is 0.182 e. The Bertz CT molecular complexity index is 1060. The third kappa shape index (κ3) is 2.81. The van der Waals surface area contributed by atoms with Gasteiger partial charge < -0.3 is 4.57 Å². The summed E-state index contributed by atoms with van der Waals surface area (Å²) in [7, 11) is -1.67. The molecule has 0 aliphatic heterocycles. The van der Waals surface area contributed by atoms with Gasteiger partial charge in [0.1, 0.15) is 11.3 Å². The molecule has 0 bridgehead atoms. The van der Waals surface area contributed by atoms with Gasteiger partial charge in [-0.05, 0) is 43.2 Å². The Hall–Kier alpha value is -1.56. The van der Waals surface area contributed by atoms with E-state index in [1.54, 1.807) is 31.2 Å². The molecule has 1 heterocycles. The van der Waals surface area contributed by atoms with Gasteiger partial charge >= 0.3 is 0 Å². The molecule has 0 atom stereocenters. The zero-order chi connectivity index (χ0) is 17.6. The first-order valence-corrected chi connectivity index (χ1v) is 9.71. The molecule has 0 N–H and O–H groups in total. The Morgan fingerprint density at radius 1 is 1.12 bits per heavy atom. The lowest BCUT2D eigenvalue weighted by molar-refractivity contribution is 0.594. The molecule has 0 spiro atoms. The lowest BCUT2D eigenvalue weighted by Gasteiger charge is -2.10. The Morgan fingerprint density at radius 3 is 2.54 bits per heavy atom. The van der Waals surface area contributed by atoms with Crippen LogP contribution in [0.25, 0.3) is 11.0 Å². The van der Waals surface area contributed by atoms with E-state index >= 15 is 0 Å². The molecule has 3 rings (SSSR count). The fourth-order valence-electron chi connectivity index (χ4n) is 2.70. The standard InChI is InChI=1S/C17H16Cl2N2O2S/c1-10-13(18)5-4-6-15(10)24(22,23)9-12-7-8-14-17(16(12)19)20-11(2)21(14)3/h4-8H,9H2,1-3H3. The molecule has 0 radical (unpaired) electrons. The Balaban J connectivity index is 2.09. The van der Waals surface area contributed by atoms with Gasteiger partial charge in [0.2, 0.25) is 0 Å². The van der Waals surface area contributed by atoms with Gasteiger partial charge in [-0.2, -0.15) is 0 Å². The van der Waals surface area contributed by atoms with Crippen LogP contribution in [0.4, 0.5) is 0 Å². The van der Waals surface area contributed by atoms with Gasteiger partial charge in [-0.25, -0.2) is 13.4 Å². The second-order valence-corrected chi connectivity index (χ2v) is 8.49. The molecule has 126 valence electrons. The minimum Gasteiger partial charge on any atom is -0.331 e. The highest BCUT2D eigenvalue weighted by Crippen LogP contribution is 2.31. The summed E-state index contributed by atoms with van der Waals surface area (Å²) in [6, 6.07) is 8.45. The van der Waals surface area contributed by atoms with Crippen LogP contribution in [-0.4, -0.2) is 18.0 Å². The van der Waals surface area contributed by atoms with E-state index in [9.17, 15) is 8.42 Å². The van der Waals surface area contributed by atoms with Gasteiger partial charge in [0, 0.05) is 12.1 Å². The predicted octanol–water partition coefficient (Wildman–Crippen LogP) is 4.47. The van der Waals surface area contributed by atoms with Gasteiger partial charge in [0.05, 0.1) is 21.2 Å². The fourth-order valence-corrected chi connectivity index (χ4v) is 4.95. The number of sulfone groups is 1. The number of imidazole rings is 1. The predicted molar refractivity (Wildman–Crippen MR) is 97.5 cm³/mol. The van der Waals surface area contributed by atoms with Crippen LogP contribution in [0.3, 0.4) is 0 Å². The number of hydrogen-bond acceptors (Lipinski definition) is 3.